The third-order valence-corrected chi connectivity index (χ3v) is 12.6. The Morgan fingerprint density at radius 2 is 0.918 bits per heavy atom. The van der Waals surface area contributed by atoms with Gasteiger partial charge in [0.25, 0.3) is 0 Å². The summed E-state index contributed by atoms with van der Waals surface area (Å²) >= 11 is 1.76. The van der Waals surface area contributed by atoms with Gasteiger partial charge in [0.2, 0.25) is 0 Å². The first-order valence-electron chi connectivity index (χ1n) is 19.0. The topological polar surface area (TPSA) is 47.6 Å². The maximum Gasteiger partial charge on any atom is 0.0991 e. The van der Waals surface area contributed by atoms with Crippen LogP contribution in [0.2, 0.25) is 0 Å². The van der Waals surface area contributed by atoms with Crippen molar-refractivity contribution in [1.29, 1.82) is 10.5 Å². The molecule has 0 amide bonds. The molecule has 0 aromatic heterocycles. The van der Waals surface area contributed by atoms with Crippen LogP contribution in [-0.4, -0.2) is 0 Å². The molecule has 3 heteroatoms. The molecular formula is C46H52N2S. The molecule has 252 valence electrons. The van der Waals surface area contributed by atoms with Crippen LogP contribution in [0.3, 0.4) is 0 Å². The highest BCUT2D eigenvalue weighted by Gasteiger charge is 2.23. The maximum absolute atomic E-state index is 9.76. The average Bonchev–Trinajstić information content (AvgIpc) is 3.14. The number of nitrogens with zero attached hydrogens (tertiary/aromatic N) is 2. The monoisotopic (exact) mass is 664 g/mol. The minimum atomic E-state index is 0.687. The number of hydrogen-bond acceptors (Lipinski definition) is 3. The summed E-state index contributed by atoms with van der Waals surface area (Å²) in [4.78, 5) is 2.33. The molecular weight excluding hydrogens is 613 g/mol. The molecule has 2 saturated carbocycles. The molecule has 0 unspecified atom stereocenters. The van der Waals surface area contributed by atoms with Crippen molar-refractivity contribution in [1.82, 2.24) is 0 Å². The maximum atomic E-state index is 9.76. The van der Waals surface area contributed by atoms with E-state index in [4.69, 9.17) is 0 Å². The van der Waals surface area contributed by atoms with Gasteiger partial charge in [0.15, 0.2) is 0 Å². The van der Waals surface area contributed by atoms with E-state index in [0.29, 0.717) is 23.0 Å². The molecule has 4 aromatic rings. The van der Waals surface area contributed by atoms with Gasteiger partial charge in [-0.1, -0.05) is 99.8 Å². The number of rotatable bonds is 12. The van der Waals surface area contributed by atoms with Gasteiger partial charge in [-0.2, -0.15) is 10.5 Å². The molecule has 2 aliphatic rings. The molecule has 2 nitrogen and oxygen atoms in total. The van der Waals surface area contributed by atoms with Gasteiger partial charge in [0.05, 0.1) is 23.3 Å². The van der Waals surface area contributed by atoms with E-state index in [9.17, 15) is 10.5 Å². The molecule has 49 heavy (non-hydrogen) atoms. The van der Waals surface area contributed by atoms with Crippen LogP contribution in [0, 0.1) is 34.5 Å². The standard InChI is InChI=1S/C46H52N2S/c1-3-5-33-7-17-39(18-8-33)41-21-11-35(12-22-41)27-43-29-37(31-47)15-25-45(43)49-46-26-16-38(32-48)30-44(46)28-36-13-23-42(24-14-36)40-19-9-34(6-4-2)10-20-40/h11-16,21-26,29-30,33-34,39-40H,3-10,17-20,27-28H2,1-2H3. The van der Waals surface area contributed by atoms with Gasteiger partial charge < -0.3 is 0 Å². The number of benzene rings is 4. The van der Waals surface area contributed by atoms with Crippen LogP contribution in [0.15, 0.2) is 94.7 Å². The second-order valence-corrected chi connectivity index (χ2v) is 15.9. The molecule has 0 saturated heterocycles. The molecule has 0 atom stereocenters. The summed E-state index contributed by atoms with van der Waals surface area (Å²) in [7, 11) is 0. The largest absolute Gasteiger partial charge is 0.192 e. The van der Waals surface area contributed by atoms with Gasteiger partial charge >= 0.3 is 0 Å². The van der Waals surface area contributed by atoms with E-state index in [1.54, 1.807) is 11.8 Å². The molecule has 2 aliphatic carbocycles. The lowest BCUT2D eigenvalue weighted by Gasteiger charge is -2.28. The number of nitriles is 2. The minimum absolute atomic E-state index is 0.687. The summed E-state index contributed by atoms with van der Waals surface area (Å²) in [6, 6.07) is 35.5. The highest BCUT2D eigenvalue weighted by Crippen LogP contribution is 2.40. The van der Waals surface area contributed by atoms with E-state index in [2.05, 4.69) is 98.8 Å². The zero-order chi connectivity index (χ0) is 34.0. The Kier molecular flexibility index (Phi) is 12.3. The summed E-state index contributed by atoms with van der Waals surface area (Å²) in [5, 5.41) is 19.5. The van der Waals surface area contributed by atoms with Crippen molar-refractivity contribution in [3.05, 3.63) is 129 Å². The molecule has 0 bridgehead atoms. The molecule has 0 radical (unpaired) electrons. The van der Waals surface area contributed by atoms with Crippen molar-refractivity contribution >= 4 is 11.8 Å². The van der Waals surface area contributed by atoms with E-state index in [-0.39, 0.29) is 0 Å². The minimum Gasteiger partial charge on any atom is -0.192 e. The van der Waals surface area contributed by atoms with E-state index >= 15 is 0 Å². The van der Waals surface area contributed by atoms with Crippen molar-refractivity contribution in [2.24, 2.45) is 11.8 Å². The van der Waals surface area contributed by atoms with Crippen LogP contribution < -0.4 is 0 Å². The second kappa shape index (κ2) is 17.2. The smallest absolute Gasteiger partial charge is 0.0991 e. The summed E-state index contributed by atoms with van der Waals surface area (Å²) in [6.45, 7) is 4.62. The normalized spacial score (nSPS) is 20.7. The molecule has 0 aliphatic heterocycles. The van der Waals surface area contributed by atoms with Crippen molar-refractivity contribution in [2.45, 2.75) is 125 Å². The summed E-state index contributed by atoms with van der Waals surface area (Å²) in [5.74, 6) is 3.22. The Hall–Kier alpha value is -3.79. The lowest BCUT2D eigenvalue weighted by Crippen LogP contribution is -2.13. The molecule has 2 fully saturated rings. The zero-order valence-electron chi connectivity index (χ0n) is 29.6. The van der Waals surface area contributed by atoms with Crippen LogP contribution >= 0.6 is 11.8 Å². The highest BCUT2D eigenvalue weighted by molar-refractivity contribution is 7.99. The Morgan fingerprint density at radius 1 is 0.531 bits per heavy atom. The fourth-order valence-corrected chi connectivity index (χ4v) is 9.57. The quantitative estimate of drug-likeness (QED) is 0.151. The second-order valence-electron chi connectivity index (χ2n) is 14.8. The third-order valence-electron chi connectivity index (χ3n) is 11.4. The fourth-order valence-electron chi connectivity index (χ4n) is 8.53. The first-order chi connectivity index (χ1) is 24.0. The number of hydrogen-bond donors (Lipinski definition) is 0. The van der Waals surface area contributed by atoms with E-state index in [0.717, 1.165) is 34.5 Å². The van der Waals surface area contributed by atoms with Crippen molar-refractivity contribution in [2.75, 3.05) is 0 Å². The predicted octanol–water partition coefficient (Wildman–Crippen LogP) is 12.9. The molecule has 0 heterocycles. The SMILES string of the molecule is CCCC1CCC(c2ccc(Cc3cc(C#N)ccc3Sc3ccc(C#N)cc3Cc3ccc(C4CCC(CCC)CC4)cc3)cc2)CC1. The fraction of sp³-hybridized carbons (Fsp3) is 0.435. The van der Waals surface area contributed by atoms with E-state index in [1.165, 1.54) is 110 Å². The predicted molar refractivity (Wildman–Crippen MR) is 204 cm³/mol. The molecule has 4 aromatic carbocycles. The lowest BCUT2D eigenvalue weighted by molar-refractivity contribution is 0.308. The van der Waals surface area contributed by atoms with Gasteiger partial charge in [-0.3, -0.25) is 0 Å². The van der Waals surface area contributed by atoms with E-state index < -0.39 is 0 Å². The van der Waals surface area contributed by atoms with Gasteiger partial charge in [-0.15, -0.1) is 0 Å². The van der Waals surface area contributed by atoms with Crippen LogP contribution in [0.4, 0.5) is 0 Å². The van der Waals surface area contributed by atoms with Crippen molar-refractivity contribution < 1.29 is 0 Å². The molecule has 0 N–H and O–H groups in total. The summed E-state index contributed by atoms with van der Waals surface area (Å²) in [5.41, 5.74) is 9.24. The van der Waals surface area contributed by atoms with Gasteiger partial charge in [-0.25, -0.2) is 0 Å². The Balaban J connectivity index is 1.16. The first-order valence-corrected chi connectivity index (χ1v) is 19.8. The van der Waals surface area contributed by atoms with Crippen molar-refractivity contribution in [3.8, 4) is 12.1 Å². The van der Waals surface area contributed by atoms with Gasteiger partial charge in [0.1, 0.15) is 0 Å². The first kappa shape index (κ1) is 35.1. The van der Waals surface area contributed by atoms with Crippen molar-refractivity contribution in [3.63, 3.8) is 0 Å². The van der Waals surface area contributed by atoms with Gasteiger partial charge in [0, 0.05) is 9.79 Å². The van der Waals surface area contributed by atoms with E-state index in [1.807, 2.05) is 12.1 Å². The summed E-state index contributed by atoms with van der Waals surface area (Å²) < 4.78 is 0. The highest BCUT2D eigenvalue weighted by atomic mass is 32.2. The van der Waals surface area contributed by atoms with Gasteiger partial charge in [-0.05, 0) is 158 Å². The Morgan fingerprint density at radius 3 is 1.27 bits per heavy atom. The van der Waals surface area contributed by atoms with Crippen LogP contribution in [0.1, 0.15) is 147 Å². The van der Waals surface area contributed by atoms with Crippen LogP contribution in [-0.2, 0) is 12.8 Å². The lowest BCUT2D eigenvalue weighted by atomic mass is 9.77. The Labute approximate surface area is 300 Å². The Bertz CT molecular complexity index is 1610. The molecule has 6 rings (SSSR count). The zero-order valence-corrected chi connectivity index (χ0v) is 30.4. The van der Waals surface area contributed by atoms with Crippen LogP contribution in [0.25, 0.3) is 0 Å². The van der Waals surface area contributed by atoms with Crippen LogP contribution in [0.5, 0.6) is 0 Å². The third kappa shape index (κ3) is 9.26. The molecule has 0 spiro atoms. The summed E-state index contributed by atoms with van der Waals surface area (Å²) in [6.07, 6.45) is 17.6. The average molecular weight is 665 g/mol.